The predicted molar refractivity (Wildman–Crippen MR) is 44.0 cm³/mol. The Morgan fingerprint density at radius 1 is 1.23 bits per heavy atom. The monoisotopic (exact) mass is 194 g/mol. The van der Waals surface area contributed by atoms with Gasteiger partial charge >= 0.3 is 5.97 Å². The van der Waals surface area contributed by atoms with Crippen molar-refractivity contribution in [1.82, 2.24) is 0 Å². The second-order valence-electron chi connectivity index (χ2n) is 2.04. The van der Waals surface area contributed by atoms with Gasteiger partial charge in [0.1, 0.15) is 12.2 Å². The fourth-order valence-corrected chi connectivity index (χ4v) is 0.243. The summed E-state index contributed by atoms with van der Waals surface area (Å²) in [7, 11) is 0. The zero-order valence-corrected chi connectivity index (χ0v) is 7.00. The largest absolute Gasteiger partial charge is 0.478 e. The van der Waals surface area contributed by atoms with E-state index in [1.807, 2.05) is 0 Å². The van der Waals surface area contributed by atoms with Crippen molar-refractivity contribution in [2.24, 2.45) is 0 Å². The molecule has 6 heteroatoms. The molecule has 0 aromatic rings. The van der Waals surface area contributed by atoms with Gasteiger partial charge < -0.3 is 25.5 Å². The highest BCUT2D eigenvalue weighted by Gasteiger charge is 2.12. The molecular formula is C7H14O6. The van der Waals surface area contributed by atoms with Crippen LogP contribution in [0.4, 0.5) is 0 Å². The first-order chi connectivity index (χ1) is 5.99. The van der Waals surface area contributed by atoms with Crippen LogP contribution in [0.2, 0.25) is 0 Å². The second-order valence-corrected chi connectivity index (χ2v) is 2.04. The molecule has 13 heavy (non-hydrogen) atoms. The molecule has 2 unspecified atom stereocenters. The van der Waals surface area contributed by atoms with Crippen molar-refractivity contribution in [2.45, 2.75) is 12.2 Å². The first-order valence-electron chi connectivity index (χ1n) is 3.42. The summed E-state index contributed by atoms with van der Waals surface area (Å²) in [6.07, 6.45) is -1.61. The molecule has 0 bridgehead atoms. The first kappa shape index (κ1) is 14.6. The fraction of sp³-hybridized carbons (Fsp3) is 0.571. The third-order valence-corrected chi connectivity index (χ3v) is 0.993. The van der Waals surface area contributed by atoms with Gasteiger partial charge in [-0.15, -0.1) is 0 Å². The van der Waals surface area contributed by atoms with E-state index in [4.69, 9.17) is 25.5 Å². The quantitative estimate of drug-likeness (QED) is 0.329. The first-order valence-corrected chi connectivity index (χ1v) is 3.42. The zero-order valence-electron chi connectivity index (χ0n) is 7.00. The maximum Gasteiger partial charge on any atom is 0.327 e. The van der Waals surface area contributed by atoms with E-state index in [-0.39, 0.29) is 0 Å². The Labute approximate surface area is 75.4 Å². The number of carboxylic acid groups (broad SMARTS) is 1. The minimum atomic E-state index is -1.22. The van der Waals surface area contributed by atoms with E-state index in [0.717, 1.165) is 6.08 Å². The van der Waals surface area contributed by atoms with E-state index >= 15 is 0 Å². The lowest BCUT2D eigenvalue weighted by Crippen LogP contribution is -2.31. The summed E-state index contributed by atoms with van der Waals surface area (Å²) in [5.41, 5.74) is 0. The van der Waals surface area contributed by atoms with Crippen LogP contribution in [0, 0.1) is 0 Å². The van der Waals surface area contributed by atoms with Gasteiger partial charge in [0.2, 0.25) is 0 Å². The van der Waals surface area contributed by atoms with Crippen LogP contribution in [0.15, 0.2) is 12.7 Å². The Morgan fingerprint density at radius 2 is 1.46 bits per heavy atom. The molecule has 0 aromatic heterocycles. The van der Waals surface area contributed by atoms with E-state index in [1.165, 1.54) is 0 Å². The second kappa shape index (κ2) is 9.14. The van der Waals surface area contributed by atoms with Crippen LogP contribution in [0.25, 0.3) is 0 Å². The molecule has 0 radical (unpaired) electrons. The standard InChI is InChI=1S/C4H10O4.C3H4O2/c5-1-3(7)4(8)2-6;1-2-3(4)5/h3-8H,1-2H2;2H,1H2,(H,4,5). The van der Waals surface area contributed by atoms with Crippen molar-refractivity contribution < 1.29 is 30.3 Å². The highest BCUT2D eigenvalue weighted by atomic mass is 16.4. The predicted octanol–water partition coefficient (Wildman–Crippen LogP) is -2.05. The lowest BCUT2D eigenvalue weighted by atomic mass is 10.2. The van der Waals surface area contributed by atoms with Gasteiger partial charge in [-0.05, 0) is 0 Å². The highest BCUT2D eigenvalue weighted by molar-refractivity contribution is 5.78. The van der Waals surface area contributed by atoms with Gasteiger partial charge in [-0.3, -0.25) is 0 Å². The topological polar surface area (TPSA) is 118 Å². The molecule has 0 aliphatic rings. The smallest absolute Gasteiger partial charge is 0.327 e. The molecule has 5 N–H and O–H groups in total. The van der Waals surface area contributed by atoms with E-state index in [1.54, 1.807) is 0 Å². The number of carbonyl (C=O) groups is 1. The molecule has 0 aliphatic heterocycles. The van der Waals surface area contributed by atoms with Crippen LogP contribution >= 0.6 is 0 Å². The third kappa shape index (κ3) is 11.0. The van der Waals surface area contributed by atoms with Gasteiger partial charge in [0, 0.05) is 6.08 Å². The van der Waals surface area contributed by atoms with Crippen molar-refractivity contribution in [1.29, 1.82) is 0 Å². The molecule has 0 amide bonds. The third-order valence-electron chi connectivity index (χ3n) is 0.993. The van der Waals surface area contributed by atoms with Crippen molar-refractivity contribution in [3.63, 3.8) is 0 Å². The number of hydrogen-bond acceptors (Lipinski definition) is 5. The molecule has 0 spiro atoms. The summed E-state index contributed by atoms with van der Waals surface area (Å²) < 4.78 is 0. The van der Waals surface area contributed by atoms with Gasteiger partial charge in [-0.25, -0.2) is 4.79 Å². The molecule has 0 fully saturated rings. The average Bonchev–Trinajstić information content (AvgIpc) is 2.16. The van der Waals surface area contributed by atoms with E-state index < -0.39 is 31.4 Å². The number of aliphatic hydroxyl groups excluding tert-OH is 4. The van der Waals surface area contributed by atoms with Crippen LogP contribution < -0.4 is 0 Å². The van der Waals surface area contributed by atoms with Gasteiger partial charge in [-0.2, -0.15) is 0 Å². The van der Waals surface area contributed by atoms with Crippen LogP contribution in [0.5, 0.6) is 0 Å². The molecule has 0 rings (SSSR count). The van der Waals surface area contributed by atoms with Gasteiger partial charge in [0.05, 0.1) is 13.2 Å². The molecule has 0 aromatic carbocycles. The van der Waals surface area contributed by atoms with E-state index in [0.29, 0.717) is 0 Å². The number of hydrogen-bond donors (Lipinski definition) is 5. The van der Waals surface area contributed by atoms with E-state index in [2.05, 4.69) is 6.58 Å². The molecule has 0 heterocycles. The van der Waals surface area contributed by atoms with Crippen LogP contribution in [-0.2, 0) is 4.79 Å². The summed E-state index contributed by atoms with van der Waals surface area (Å²) >= 11 is 0. The van der Waals surface area contributed by atoms with Crippen molar-refractivity contribution in [2.75, 3.05) is 13.2 Å². The summed E-state index contributed by atoms with van der Waals surface area (Å²) in [6.45, 7) is 1.91. The Morgan fingerprint density at radius 3 is 1.54 bits per heavy atom. The number of aliphatic carboxylic acids is 1. The summed E-state index contributed by atoms with van der Waals surface area (Å²) in [5.74, 6) is -0.981. The Kier molecular flexibility index (Phi) is 10.2. The lowest BCUT2D eigenvalue weighted by molar-refractivity contribution is -0.131. The molecule has 78 valence electrons. The molecule has 6 nitrogen and oxygen atoms in total. The summed E-state index contributed by atoms with van der Waals surface area (Å²) in [5, 5.41) is 40.8. The Balaban J connectivity index is 0. The molecule has 0 saturated carbocycles. The normalized spacial score (nSPS) is 13.5. The summed E-state index contributed by atoms with van der Waals surface area (Å²) in [4.78, 5) is 9.25. The fourth-order valence-electron chi connectivity index (χ4n) is 0.243. The van der Waals surface area contributed by atoms with Gasteiger partial charge in [-0.1, -0.05) is 6.58 Å². The molecular weight excluding hydrogens is 180 g/mol. The average molecular weight is 194 g/mol. The SMILES string of the molecule is C=CC(=O)O.OCC(O)C(O)CO. The maximum atomic E-state index is 9.25. The Hall–Kier alpha value is -0.950. The van der Waals surface area contributed by atoms with Crippen molar-refractivity contribution in [3.05, 3.63) is 12.7 Å². The Bertz CT molecular complexity index is 138. The molecule has 0 saturated heterocycles. The lowest BCUT2D eigenvalue weighted by Gasteiger charge is -2.10. The van der Waals surface area contributed by atoms with Gasteiger partial charge in [0.15, 0.2) is 0 Å². The van der Waals surface area contributed by atoms with Crippen LogP contribution in [0.1, 0.15) is 0 Å². The number of carboxylic acids is 1. The number of aliphatic hydroxyl groups is 4. The number of rotatable bonds is 4. The van der Waals surface area contributed by atoms with Crippen molar-refractivity contribution in [3.8, 4) is 0 Å². The molecule has 2 atom stereocenters. The zero-order chi connectivity index (χ0) is 10.9. The maximum absolute atomic E-state index is 9.25. The van der Waals surface area contributed by atoms with Crippen LogP contribution in [-0.4, -0.2) is 56.9 Å². The van der Waals surface area contributed by atoms with E-state index in [9.17, 15) is 4.79 Å². The minimum absolute atomic E-state index is 0.526. The van der Waals surface area contributed by atoms with Crippen LogP contribution in [0.3, 0.4) is 0 Å². The minimum Gasteiger partial charge on any atom is -0.478 e. The van der Waals surface area contributed by atoms with Gasteiger partial charge in [0.25, 0.3) is 0 Å². The van der Waals surface area contributed by atoms with Crippen molar-refractivity contribution >= 4 is 5.97 Å². The summed E-state index contributed by atoms with van der Waals surface area (Å²) in [6, 6.07) is 0. The molecule has 0 aliphatic carbocycles. The highest BCUT2D eigenvalue weighted by Crippen LogP contribution is 1.88.